The minimum Gasteiger partial charge on any atom is -0.385 e. The highest BCUT2D eigenvalue weighted by Gasteiger charge is 2.26. The zero-order valence-electron chi connectivity index (χ0n) is 5.36. The van der Waals surface area contributed by atoms with Gasteiger partial charge < -0.3 is 11.1 Å². The Hall–Kier alpha value is -1.32. The SMILES string of the molecule is NC1=NC=C[C@@H]2NC=N[C@H]12. The summed E-state index contributed by atoms with van der Waals surface area (Å²) in [4.78, 5) is 8.03. The van der Waals surface area contributed by atoms with E-state index in [-0.39, 0.29) is 12.1 Å². The summed E-state index contributed by atoms with van der Waals surface area (Å²) < 4.78 is 0. The van der Waals surface area contributed by atoms with Gasteiger partial charge in [-0.15, -0.1) is 0 Å². The van der Waals surface area contributed by atoms with Crippen LogP contribution in [-0.2, 0) is 0 Å². The predicted molar refractivity (Wildman–Crippen MR) is 40.0 cm³/mol. The maximum Gasteiger partial charge on any atom is 0.132 e. The highest BCUT2D eigenvalue weighted by atomic mass is 15.1. The van der Waals surface area contributed by atoms with Crippen molar-refractivity contribution in [2.24, 2.45) is 15.7 Å². The number of hydrogen-bond donors (Lipinski definition) is 2. The largest absolute Gasteiger partial charge is 0.385 e. The van der Waals surface area contributed by atoms with Crippen molar-refractivity contribution in [3.63, 3.8) is 0 Å². The van der Waals surface area contributed by atoms with E-state index in [1.165, 1.54) is 0 Å². The second-order valence-electron chi connectivity index (χ2n) is 2.31. The smallest absolute Gasteiger partial charge is 0.132 e. The van der Waals surface area contributed by atoms with Crippen molar-refractivity contribution in [1.82, 2.24) is 5.32 Å². The molecule has 2 aliphatic rings. The Morgan fingerprint density at radius 2 is 2.50 bits per heavy atom. The van der Waals surface area contributed by atoms with Crippen LogP contribution in [0.25, 0.3) is 0 Å². The number of hydrogen-bond acceptors (Lipinski definition) is 4. The maximum atomic E-state index is 5.56. The van der Waals surface area contributed by atoms with Crippen molar-refractivity contribution in [3.8, 4) is 0 Å². The molecular weight excluding hydrogens is 128 g/mol. The van der Waals surface area contributed by atoms with Gasteiger partial charge in [0.25, 0.3) is 0 Å². The van der Waals surface area contributed by atoms with Crippen LogP contribution in [0.3, 0.4) is 0 Å². The lowest BCUT2D eigenvalue weighted by molar-refractivity contribution is 0.714. The molecule has 4 heteroatoms. The van der Waals surface area contributed by atoms with Crippen molar-refractivity contribution >= 4 is 12.2 Å². The summed E-state index contributed by atoms with van der Waals surface area (Å²) in [6.07, 6.45) is 5.33. The van der Waals surface area contributed by atoms with Crippen LogP contribution < -0.4 is 11.1 Å². The fourth-order valence-electron chi connectivity index (χ4n) is 1.11. The molecule has 0 bridgehead atoms. The molecule has 0 saturated carbocycles. The molecule has 0 aromatic rings. The molecule has 2 heterocycles. The van der Waals surface area contributed by atoms with Crippen LogP contribution >= 0.6 is 0 Å². The molecule has 10 heavy (non-hydrogen) atoms. The van der Waals surface area contributed by atoms with Crippen molar-refractivity contribution in [2.45, 2.75) is 12.1 Å². The van der Waals surface area contributed by atoms with Gasteiger partial charge in [0.1, 0.15) is 11.9 Å². The number of amidine groups is 1. The number of rotatable bonds is 0. The third-order valence-corrected chi connectivity index (χ3v) is 1.66. The second-order valence-corrected chi connectivity index (χ2v) is 2.31. The maximum absolute atomic E-state index is 5.56. The molecule has 0 amide bonds. The van der Waals surface area contributed by atoms with Gasteiger partial charge in [-0.1, -0.05) is 0 Å². The molecule has 0 unspecified atom stereocenters. The normalized spacial score (nSPS) is 35.0. The molecule has 52 valence electrons. The number of nitrogens with two attached hydrogens (primary N) is 1. The fraction of sp³-hybridized carbons (Fsp3) is 0.333. The van der Waals surface area contributed by atoms with E-state index >= 15 is 0 Å². The van der Waals surface area contributed by atoms with Crippen LogP contribution in [-0.4, -0.2) is 24.3 Å². The summed E-state index contributed by atoms with van der Waals surface area (Å²) in [6.45, 7) is 0. The van der Waals surface area contributed by atoms with E-state index in [4.69, 9.17) is 5.73 Å². The molecule has 0 aliphatic carbocycles. The molecular formula is C6H8N4. The number of aliphatic imine (C=N–C) groups is 2. The van der Waals surface area contributed by atoms with Crippen molar-refractivity contribution in [3.05, 3.63) is 12.3 Å². The van der Waals surface area contributed by atoms with Gasteiger partial charge >= 0.3 is 0 Å². The van der Waals surface area contributed by atoms with Gasteiger partial charge in [-0.25, -0.2) is 4.99 Å². The highest BCUT2D eigenvalue weighted by molar-refractivity contribution is 5.91. The first-order chi connectivity index (χ1) is 4.88. The number of fused-ring (bicyclic) bond motifs is 1. The lowest BCUT2D eigenvalue weighted by Gasteiger charge is -2.16. The van der Waals surface area contributed by atoms with Crippen LogP contribution in [0, 0.1) is 0 Å². The van der Waals surface area contributed by atoms with Crippen LogP contribution in [0.1, 0.15) is 0 Å². The van der Waals surface area contributed by atoms with E-state index in [2.05, 4.69) is 15.3 Å². The first-order valence-electron chi connectivity index (χ1n) is 3.15. The molecule has 2 aliphatic heterocycles. The molecule has 0 saturated heterocycles. The van der Waals surface area contributed by atoms with E-state index in [0.29, 0.717) is 5.84 Å². The number of nitrogens with zero attached hydrogens (tertiary/aromatic N) is 2. The van der Waals surface area contributed by atoms with Gasteiger partial charge in [0, 0.05) is 6.20 Å². The summed E-state index contributed by atoms with van der Waals surface area (Å²) in [5.41, 5.74) is 5.56. The Morgan fingerprint density at radius 3 is 3.30 bits per heavy atom. The van der Waals surface area contributed by atoms with Crippen molar-refractivity contribution in [2.75, 3.05) is 0 Å². The Kier molecular flexibility index (Phi) is 1.00. The molecule has 0 aromatic carbocycles. The molecule has 4 nitrogen and oxygen atoms in total. The van der Waals surface area contributed by atoms with Crippen LogP contribution in [0.5, 0.6) is 0 Å². The fourth-order valence-corrected chi connectivity index (χ4v) is 1.11. The Labute approximate surface area is 58.5 Å². The van der Waals surface area contributed by atoms with Gasteiger partial charge in [0.05, 0.1) is 12.4 Å². The summed E-state index contributed by atoms with van der Waals surface area (Å²) in [5.74, 6) is 0.591. The van der Waals surface area contributed by atoms with Crippen LogP contribution in [0.4, 0.5) is 0 Å². The third kappa shape index (κ3) is 0.618. The Bertz CT molecular complexity index is 228. The van der Waals surface area contributed by atoms with Crippen LogP contribution in [0.15, 0.2) is 22.3 Å². The lowest BCUT2D eigenvalue weighted by atomic mass is 10.1. The average molecular weight is 136 g/mol. The predicted octanol–water partition coefficient (Wildman–Crippen LogP) is -0.760. The van der Waals surface area contributed by atoms with E-state index in [9.17, 15) is 0 Å². The average Bonchev–Trinajstić information content (AvgIpc) is 2.36. The summed E-state index contributed by atoms with van der Waals surface area (Å²) in [7, 11) is 0. The van der Waals surface area contributed by atoms with Gasteiger partial charge in [0.2, 0.25) is 0 Å². The van der Waals surface area contributed by atoms with Gasteiger partial charge in [-0.05, 0) is 6.08 Å². The minimum atomic E-state index is 0.0324. The molecule has 0 fully saturated rings. The monoisotopic (exact) mass is 136 g/mol. The molecule has 2 rings (SSSR count). The van der Waals surface area contributed by atoms with E-state index in [1.54, 1.807) is 12.5 Å². The van der Waals surface area contributed by atoms with Crippen molar-refractivity contribution in [1.29, 1.82) is 0 Å². The van der Waals surface area contributed by atoms with Crippen molar-refractivity contribution < 1.29 is 0 Å². The van der Waals surface area contributed by atoms with Crippen LogP contribution in [0.2, 0.25) is 0 Å². The van der Waals surface area contributed by atoms with Gasteiger partial charge in [-0.3, -0.25) is 4.99 Å². The first kappa shape index (κ1) is 5.46. The van der Waals surface area contributed by atoms with E-state index < -0.39 is 0 Å². The molecule has 0 spiro atoms. The topological polar surface area (TPSA) is 62.8 Å². The van der Waals surface area contributed by atoms with Gasteiger partial charge in [0.15, 0.2) is 0 Å². The Balaban J connectivity index is 2.30. The zero-order valence-corrected chi connectivity index (χ0v) is 5.36. The molecule has 0 radical (unpaired) electrons. The molecule has 0 aromatic heterocycles. The summed E-state index contributed by atoms with van der Waals surface area (Å²) >= 11 is 0. The second kappa shape index (κ2) is 1.83. The van der Waals surface area contributed by atoms with E-state index in [1.807, 2.05) is 6.08 Å². The molecule has 2 atom stereocenters. The first-order valence-corrected chi connectivity index (χ1v) is 3.15. The lowest BCUT2D eigenvalue weighted by Crippen LogP contribution is -2.40. The Morgan fingerprint density at radius 1 is 1.60 bits per heavy atom. The zero-order chi connectivity index (χ0) is 6.97. The quantitative estimate of drug-likeness (QED) is 0.459. The minimum absolute atomic E-state index is 0.0324. The standard InChI is InChI=1S/C6H8N4/c7-6-5-4(1-2-8-6)9-3-10-5/h1-5H,(H2,7,8)(H,9,10)/t4-,5-/m0/s1. The third-order valence-electron chi connectivity index (χ3n) is 1.66. The summed E-state index contributed by atoms with van der Waals surface area (Å²) in [6, 6.07) is 0.266. The van der Waals surface area contributed by atoms with E-state index in [0.717, 1.165) is 0 Å². The highest BCUT2D eigenvalue weighted by Crippen LogP contribution is 2.09. The van der Waals surface area contributed by atoms with Gasteiger partial charge in [-0.2, -0.15) is 0 Å². The number of nitrogens with one attached hydrogen (secondary N) is 1. The summed E-state index contributed by atoms with van der Waals surface area (Å²) in [5, 5.41) is 3.05. The molecule has 3 N–H and O–H groups in total.